The molecule has 94 valence electrons. The SMILES string of the molecule is Cc1nnn(C)c1N=Nc1ccc(N(C)C)cc1. The minimum absolute atomic E-state index is 0.673. The summed E-state index contributed by atoms with van der Waals surface area (Å²) >= 11 is 0. The van der Waals surface area contributed by atoms with Gasteiger partial charge in [-0.25, -0.2) is 4.68 Å². The van der Waals surface area contributed by atoms with E-state index in [9.17, 15) is 0 Å². The lowest BCUT2D eigenvalue weighted by atomic mass is 10.3. The summed E-state index contributed by atoms with van der Waals surface area (Å²) in [5.74, 6) is 0.673. The predicted molar refractivity (Wildman–Crippen MR) is 70.7 cm³/mol. The third kappa shape index (κ3) is 2.53. The van der Waals surface area contributed by atoms with Crippen LogP contribution in [0, 0.1) is 6.92 Å². The van der Waals surface area contributed by atoms with E-state index < -0.39 is 0 Å². The number of anilines is 1. The minimum atomic E-state index is 0.673. The standard InChI is InChI=1S/C12H16N6/c1-9-12(18(4)16-13-9)15-14-10-5-7-11(8-6-10)17(2)3/h5-8H,1-4H3. The number of hydrogen-bond donors (Lipinski definition) is 0. The van der Waals surface area contributed by atoms with E-state index in [1.807, 2.05) is 50.2 Å². The molecule has 0 spiro atoms. The van der Waals surface area contributed by atoms with Crippen LogP contribution in [0.25, 0.3) is 0 Å². The topological polar surface area (TPSA) is 58.7 Å². The first-order chi connectivity index (χ1) is 8.58. The molecule has 0 amide bonds. The molecule has 0 N–H and O–H groups in total. The van der Waals surface area contributed by atoms with Gasteiger partial charge < -0.3 is 4.90 Å². The van der Waals surface area contributed by atoms with Gasteiger partial charge in [-0.05, 0) is 31.2 Å². The van der Waals surface area contributed by atoms with Gasteiger partial charge in [-0.1, -0.05) is 5.21 Å². The molecule has 0 bridgehead atoms. The van der Waals surface area contributed by atoms with E-state index in [1.54, 1.807) is 11.7 Å². The Kier molecular flexibility index (Phi) is 3.36. The summed E-state index contributed by atoms with van der Waals surface area (Å²) in [6, 6.07) is 7.86. The van der Waals surface area contributed by atoms with Crippen LogP contribution in [0.3, 0.4) is 0 Å². The first-order valence-electron chi connectivity index (χ1n) is 5.63. The van der Waals surface area contributed by atoms with Crippen molar-refractivity contribution in [3.05, 3.63) is 30.0 Å². The van der Waals surface area contributed by atoms with Crippen molar-refractivity contribution in [2.75, 3.05) is 19.0 Å². The average molecular weight is 244 g/mol. The van der Waals surface area contributed by atoms with Crippen LogP contribution < -0.4 is 4.90 Å². The van der Waals surface area contributed by atoms with Gasteiger partial charge in [0, 0.05) is 26.8 Å². The number of benzene rings is 1. The molecule has 0 aliphatic carbocycles. The van der Waals surface area contributed by atoms with Crippen LogP contribution in [0.5, 0.6) is 0 Å². The molecule has 0 aliphatic heterocycles. The summed E-state index contributed by atoms with van der Waals surface area (Å²) < 4.78 is 1.60. The Labute approximate surface area is 106 Å². The molecular weight excluding hydrogens is 228 g/mol. The largest absolute Gasteiger partial charge is 0.378 e. The zero-order valence-corrected chi connectivity index (χ0v) is 11.0. The van der Waals surface area contributed by atoms with Crippen molar-refractivity contribution in [1.29, 1.82) is 0 Å². The second kappa shape index (κ2) is 4.95. The van der Waals surface area contributed by atoms with Crippen molar-refractivity contribution in [2.45, 2.75) is 6.92 Å². The van der Waals surface area contributed by atoms with Crippen molar-refractivity contribution in [2.24, 2.45) is 17.3 Å². The van der Waals surface area contributed by atoms with Gasteiger partial charge in [0.15, 0.2) is 5.82 Å². The minimum Gasteiger partial charge on any atom is -0.378 e. The van der Waals surface area contributed by atoms with Crippen LogP contribution in [-0.4, -0.2) is 29.1 Å². The smallest absolute Gasteiger partial charge is 0.195 e. The molecular formula is C12H16N6. The number of azo groups is 1. The highest BCUT2D eigenvalue weighted by atomic mass is 15.5. The number of aryl methyl sites for hydroxylation is 2. The zero-order chi connectivity index (χ0) is 13.1. The first kappa shape index (κ1) is 12.2. The Bertz CT molecular complexity index is 533. The van der Waals surface area contributed by atoms with Gasteiger partial charge in [0.1, 0.15) is 5.69 Å². The van der Waals surface area contributed by atoms with E-state index in [-0.39, 0.29) is 0 Å². The molecule has 6 heteroatoms. The molecule has 2 aromatic rings. The van der Waals surface area contributed by atoms with Crippen LogP contribution in [0.15, 0.2) is 34.5 Å². The summed E-state index contributed by atoms with van der Waals surface area (Å²) in [7, 11) is 5.80. The average Bonchev–Trinajstić information content (AvgIpc) is 2.67. The Balaban J connectivity index is 2.19. The Morgan fingerprint density at radius 3 is 2.28 bits per heavy atom. The van der Waals surface area contributed by atoms with Crippen molar-refractivity contribution in [3.63, 3.8) is 0 Å². The van der Waals surface area contributed by atoms with Gasteiger partial charge in [-0.15, -0.1) is 15.3 Å². The van der Waals surface area contributed by atoms with Crippen molar-refractivity contribution in [1.82, 2.24) is 15.0 Å². The van der Waals surface area contributed by atoms with Gasteiger partial charge >= 0.3 is 0 Å². The highest BCUT2D eigenvalue weighted by Crippen LogP contribution is 2.21. The molecule has 0 radical (unpaired) electrons. The fourth-order valence-electron chi connectivity index (χ4n) is 1.52. The van der Waals surface area contributed by atoms with E-state index in [4.69, 9.17) is 0 Å². The molecule has 1 aromatic heterocycles. The Hall–Kier alpha value is -2.24. The fourth-order valence-corrected chi connectivity index (χ4v) is 1.52. The van der Waals surface area contributed by atoms with Gasteiger partial charge in [-0.2, -0.15) is 0 Å². The third-order valence-electron chi connectivity index (χ3n) is 2.59. The van der Waals surface area contributed by atoms with Crippen molar-refractivity contribution < 1.29 is 0 Å². The molecule has 18 heavy (non-hydrogen) atoms. The van der Waals surface area contributed by atoms with Crippen LogP contribution in [-0.2, 0) is 7.05 Å². The van der Waals surface area contributed by atoms with E-state index in [1.165, 1.54) is 0 Å². The molecule has 0 saturated carbocycles. The molecule has 0 atom stereocenters. The second-order valence-electron chi connectivity index (χ2n) is 4.23. The van der Waals surface area contributed by atoms with Crippen LogP contribution >= 0.6 is 0 Å². The highest BCUT2D eigenvalue weighted by molar-refractivity contribution is 5.51. The molecule has 0 aliphatic rings. The maximum atomic E-state index is 4.18. The third-order valence-corrected chi connectivity index (χ3v) is 2.59. The maximum Gasteiger partial charge on any atom is 0.195 e. The zero-order valence-electron chi connectivity index (χ0n) is 11.0. The summed E-state index contributed by atoms with van der Waals surface area (Å²) in [5, 5.41) is 16.1. The van der Waals surface area contributed by atoms with E-state index >= 15 is 0 Å². The maximum absolute atomic E-state index is 4.18. The normalized spacial score (nSPS) is 11.1. The van der Waals surface area contributed by atoms with E-state index in [0.717, 1.165) is 17.1 Å². The molecule has 1 heterocycles. The number of rotatable bonds is 3. The molecule has 0 unspecified atom stereocenters. The lowest BCUT2D eigenvalue weighted by Crippen LogP contribution is -2.07. The monoisotopic (exact) mass is 244 g/mol. The number of aromatic nitrogens is 3. The van der Waals surface area contributed by atoms with Crippen LogP contribution in [0.1, 0.15) is 5.69 Å². The van der Waals surface area contributed by atoms with E-state index in [2.05, 4.69) is 20.5 Å². The summed E-state index contributed by atoms with van der Waals surface area (Å²) in [4.78, 5) is 2.04. The first-order valence-corrected chi connectivity index (χ1v) is 5.63. The number of hydrogen-bond acceptors (Lipinski definition) is 5. The molecule has 2 rings (SSSR count). The second-order valence-corrected chi connectivity index (χ2v) is 4.23. The van der Waals surface area contributed by atoms with Crippen LogP contribution in [0.2, 0.25) is 0 Å². The van der Waals surface area contributed by atoms with E-state index in [0.29, 0.717) is 5.82 Å². The molecule has 0 saturated heterocycles. The van der Waals surface area contributed by atoms with Gasteiger partial charge in [0.2, 0.25) is 0 Å². The Morgan fingerprint density at radius 1 is 1.11 bits per heavy atom. The van der Waals surface area contributed by atoms with Gasteiger partial charge in [0.05, 0.1) is 5.69 Å². The van der Waals surface area contributed by atoms with Gasteiger partial charge in [0.25, 0.3) is 0 Å². The molecule has 1 aromatic carbocycles. The fraction of sp³-hybridized carbons (Fsp3) is 0.333. The number of nitrogens with zero attached hydrogens (tertiary/aromatic N) is 6. The quantitative estimate of drug-likeness (QED) is 0.780. The lowest BCUT2D eigenvalue weighted by Gasteiger charge is -2.11. The molecule has 6 nitrogen and oxygen atoms in total. The van der Waals surface area contributed by atoms with Crippen molar-refractivity contribution >= 4 is 17.2 Å². The molecule has 0 fully saturated rings. The highest BCUT2D eigenvalue weighted by Gasteiger charge is 2.04. The lowest BCUT2D eigenvalue weighted by molar-refractivity contribution is 0.713. The predicted octanol–water partition coefficient (Wildman–Crippen LogP) is 2.60. The summed E-state index contributed by atoms with van der Waals surface area (Å²) in [6.45, 7) is 1.86. The summed E-state index contributed by atoms with van der Waals surface area (Å²) in [6.07, 6.45) is 0. The van der Waals surface area contributed by atoms with Crippen LogP contribution in [0.4, 0.5) is 17.2 Å². The van der Waals surface area contributed by atoms with Gasteiger partial charge in [-0.3, -0.25) is 0 Å². The Morgan fingerprint density at radius 2 is 1.78 bits per heavy atom. The van der Waals surface area contributed by atoms with Crippen molar-refractivity contribution in [3.8, 4) is 0 Å². The summed E-state index contributed by atoms with van der Waals surface area (Å²) in [5.41, 5.74) is 2.71.